The molecule has 0 saturated heterocycles. The van der Waals surface area contributed by atoms with Crippen molar-refractivity contribution in [2.45, 2.75) is 26.2 Å². The molecule has 0 aliphatic carbocycles. The summed E-state index contributed by atoms with van der Waals surface area (Å²) in [5.41, 5.74) is 3.89. The van der Waals surface area contributed by atoms with Crippen LogP contribution in [0.2, 0.25) is 0 Å². The number of halogens is 1. The van der Waals surface area contributed by atoms with Crippen molar-refractivity contribution in [3.63, 3.8) is 0 Å². The SMILES string of the molecule is Cc1cc(CCC(=O)Cl)cc(Cc2ccccc2)c1O. The lowest BCUT2D eigenvalue weighted by molar-refractivity contribution is -0.111. The van der Waals surface area contributed by atoms with Crippen molar-refractivity contribution in [1.82, 2.24) is 0 Å². The fourth-order valence-electron chi connectivity index (χ4n) is 2.27. The summed E-state index contributed by atoms with van der Waals surface area (Å²) in [6.07, 6.45) is 1.60. The van der Waals surface area contributed by atoms with Gasteiger partial charge in [-0.1, -0.05) is 42.5 Å². The van der Waals surface area contributed by atoms with Crippen LogP contribution in [0.3, 0.4) is 0 Å². The molecule has 0 amide bonds. The second-order valence-corrected chi connectivity index (χ2v) is 5.36. The van der Waals surface area contributed by atoms with Crippen molar-refractivity contribution in [2.24, 2.45) is 0 Å². The van der Waals surface area contributed by atoms with Gasteiger partial charge in [0.2, 0.25) is 5.24 Å². The Hall–Kier alpha value is -1.80. The highest BCUT2D eigenvalue weighted by molar-refractivity contribution is 6.63. The van der Waals surface area contributed by atoms with Gasteiger partial charge in [0.1, 0.15) is 5.75 Å². The first-order valence-electron chi connectivity index (χ1n) is 6.60. The van der Waals surface area contributed by atoms with Crippen molar-refractivity contribution in [1.29, 1.82) is 0 Å². The molecule has 0 radical (unpaired) electrons. The van der Waals surface area contributed by atoms with Crippen LogP contribution in [-0.2, 0) is 17.6 Å². The minimum atomic E-state index is -0.333. The predicted octanol–water partition coefficient (Wildman–Crippen LogP) is 3.99. The highest BCUT2D eigenvalue weighted by atomic mass is 35.5. The molecule has 3 heteroatoms. The third-order valence-electron chi connectivity index (χ3n) is 3.29. The molecule has 0 aliphatic rings. The Morgan fingerprint density at radius 2 is 1.85 bits per heavy atom. The highest BCUT2D eigenvalue weighted by Crippen LogP contribution is 2.27. The maximum absolute atomic E-state index is 10.9. The average molecular weight is 289 g/mol. The zero-order chi connectivity index (χ0) is 14.5. The summed E-state index contributed by atoms with van der Waals surface area (Å²) in [5, 5.41) is 9.83. The fourth-order valence-corrected chi connectivity index (χ4v) is 2.37. The lowest BCUT2D eigenvalue weighted by atomic mass is 9.97. The number of benzene rings is 2. The van der Waals surface area contributed by atoms with E-state index in [4.69, 9.17) is 11.6 Å². The summed E-state index contributed by atoms with van der Waals surface area (Å²) in [6.45, 7) is 1.87. The van der Waals surface area contributed by atoms with Gasteiger partial charge in [0.25, 0.3) is 0 Å². The Balaban J connectivity index is 2.25. The summed E-state index contributed by atoms with van der Waals surface area (Å²) in [6, 6.07) is 13.9. The van der Waals surface area contributed by atoms with Gasteiger partial charge in [-0.3, -0.25) is 4.79 Å². The minimum Gasteiger partial charge on any atom is -0.507 e. The normalized spacial score (nSPS) is 10.5. The van der Waals surface area contributed by atoms with Crippen LogP contribution < -0.4 is 0 Å². The Bertz CT molecular complexity index is 606. The van der Waals surface area contributed by atoms with Crippen LogP contribution in [0.1, 0.15) is 28.7 Å². The average Bonchev–Trinajstić information content (AvgIpc) is 2.43. The topological polar surface area (TPSA) is 37.3 Å². The first-order valence-corrected chi connectivity index (χ1v) is 6.97. The maximum atomic E-state index is 10.9. The molecule has 0 spiro atoms. The van der Waals surface area contributed by atoms with Crippen molar-refractivity contribution >= 4 is 16.8 Å². The Kier molecular flexibility index (Phi) is 4.80. The second kappa shape index (κ2) is 6.58. The Labute approximate surface area is 124 Å². The van der Waals surface area contributed by atoms with E-state index in [0.29, 0.717) is 25.0 Å². The van der Waals surface area contributed by atoms with Crippen LogP contribution in [0, 0.1) is 6.92 Å². The van der Waals surface area contributed by atoms with E-state index in [-0.39, 0.29) is 5.24 Å². The van der Waals surface area contributed by atoms with Gasteiger partial charge < -0.3 is 5.11 Å². The van der Waals surface area contributed by atoms with Gasteiger partial charge in [0.15, 0.2) is 0 Å². The van der Waals surface area contributed by atoms with Crippen LogP contribution in [0.25, 0.3) is 0 Å². The highest BCUT2D eigenvalue weighted by Gasteiger charge is 2.09. The molecule has 2 rings (SSSR count). The molecule has 0 bridgehead atoms. The molecule has 0 saturated carbocycles. The molecule has 0 aromatic heterocycles. The molecule has 0 aliphatic heterocycles. The number of rotatable bonds is 5. The molecule has 1 N–H and O–H groups in total. The quantitative estimate of drug-likeness (QED) is 0.845. The summed E-state index contributed by atoms with van der Waals surface area (Å²) < 4.78 is 0. The number of phenols is 1. The van der Waals surface area contributed by atoms with Gasteiger partial charge in [-0.05, 0) is 47.2 Å². The molecule has 2 nitrogen and oxygen atoms in total. The summed E-state index contributed by atoms with van der Waals surface area (Å²) in [7, 11) is 0. The number of carbonyl (C=O) groups excluding carboxylic acids is 1. The summed E-state index contributed by atoms with van der Waals surface area (Å²) in [4.78, 5) is 10.9. The van der Waals surface area contributed by atoms with Crippen molar-refractivity contribution < 1.29 is 9.90 Å². The maximum Gasteiger partial charge on any atom is 0.221 e. The molecule has 2 aromatic rings. The van der Waals surface area contributed by atoms with E-state index in [1.165, 1.54) is 0 Å². The van der Waals surface area contributed by atoms with Crippen LogP contribution in [-0.4, -0.2) is 10.3 Å². The summed E-state index contributed by atoms with van der Waals surface area (Å²) in [5.74, 6) is 0.329. The first kappa shape index (κ1) is 14.6. The Morgan fingerprint density at radius 3 is 2.50 bits per heavy atom. The van der Waals surface area contributed by atoms with Crippen molar-refractivity contribution in [3.8, 4) is 5.75 Å². The lowest BCUT2D eigenvalue weighted by Crippen LogP contribution is -1.97. The van der Waals surface area contributed by atoms with Crippen molar-refractivity contribution in [3.05, 3.63) is 64.7 Å². The molecular weight excluding hydrogens is 272 g/mol. The van der Waals surface area contributed by atoms with Gasteiger partial charge in [-0.2, -0.15) is 0 Å². The van der Waals surface area contributed by atoms with E-state index in [1.54, 1.807) is 0 Å². The standard InChI is InChI=1S/C17H17ClO2/c1-12-9-14(7-8-16(18)19)11-15(17(12)20)10-13-5-3-2-4-6-13/h2-6,9,11,20H,7-8,10H2,1H3. The van der Waals surface area contributed by atoms with E-state index in [0.717, 1.165) is 22.3 Å². The van der Waals surface area contributed by atoms with Gasteiger partial charge in [-0.25, -0.2) is 0 Å². The number of aryl methyl sites for hydroxylation is 2. The Morgan fingerprint density at radius 1 is 1.15 bits per heavy atom. The molecular formula is C17H17ClO2. The molecule has 20 heavy (non-hydrogen) atoms. The third-order valence-corrected chi connectivity index (χ3v) is 3.48. The van der Waals surface area contributed by atoms with E-state index >= 15 is 0 Å². The predicted molar refractivity (Wildman–Crippen MR) is 81.3 cm³/mol. The molecule has 0 unspecified atom stereocenters. The van der Waals surface area contributed by atoms with E-state index in [2.05, 4.69) is 0 Å². The van der Waals surface area contributed by atoms with Gasteiger partial charge >= 0.3 is 0 Å². The monoisotopic (exact) mass is 288 g/mol. The molecule has 104 valence electrons. The zero-order valence-corrected chi connectivity index (χ0v) is 12.2. The van der Waals surface area contributed by atoms with Crippen LogP contribution in [0.15, 0.2) is 42.5 Å². The molecule has 2 aromatic carbocycles. The largest absolute Gasteiger partial charge is 0.507 e. The molecule has 0 heterocycles. The van der Waals surface area contributed by atoms with E-state index < -0.39 is 0 Å². The van der Waals surface area contributed by atoms with E-state index in [9.17, 15) is 9.90 Å². The number of aromatic hydroxyl groups is 1. The van der Waals surface area contributed by atoms with Crippen LogP contribution >= 0.6 is 11.6 Å². The van der Waals surface area contributed by atoms with Gasteiger partial charge in [-0.15, -0.1) is 0 Å². The van der Waals surface area contributed by atoms with E-state index in [1.807, 2.05) is 49.4 Å². The fraction of sp³-hybridized carbons (Fsp3) is 0.235. The number of hydrogen-bond donors (Lipinski definition) is 1. The second-order valence-electron chi connectivity index (χ2n) is 4.94. The van der Waals surface area contributed by atoms with Crippen LogP contribution in [0.5, 0.6) is 5.75 Å². The van der Waals surface area contributed by atoms with Gasteiger partial charge in [0, 0.05) is 12.8 Å². The zero-order valence-electron chi connectivity index (χ0n) is 11.4. The van der Waals surface area contributed by atoms with Crippen LogP contribution in [0.4, 0.5) is 0 Å². The smallest absolute Gasteiger partial charge is 0.221 e. The third kappa shape index (κ3) is 3.84. The molecule has 0 atom stereocenters. The number of carbonyl (C=O) groups is 1. The number of phenolic OH excluding ortho intramolecular Hbond substituents is 1. The van der Waals surface area contributed by atoms with Crippen molar-refractivity contribution in [2.75, 3.05) is 0 Å². The lowest BCUT2D eigenvalue weighted by Gasteiger charge is -2.11. The summed E-state index contributed by atoms with van der Waals surface area (Å²) >= 11 is 5.38. The molecule has 0 fully saturated rings. The van der Waals surface area contributed by atoms with Gasteiger partial charge in [0.05, 0.1) is 0 Å². The first-order chi connectivity index (χ1) is 9.56. The number of hydrogen-bond acceptors (Lipinski definition) is 2. The minimum absolute atomic E-state index is 0.316.